The van der Waals surface area contributed by atoms with Gasteiger partial charge in [-0.05, 0) is 79.6 Å². The molecule has 0 spiro atoms. The minimum atomic E-state index is -4.19. The summed E-state index contributed by atoms with van der Waals surface area (Å²) >= 11 is 0. The molecule has 5 rings (SSSR count). The van der Waals surface area contributed by atoms with Crippen LogP contribution in [0.15, 0.2) is 76.0 Å². The lowest BCUT2D eigenvalue weighted by molar-refractivity contribution is 0.101. The van der Waals surface area contributed by atoms with Crippen molar-refractivity contribution in [3.63, 3.8) is 0 Å². The topological polar surface area (TPSA) is 67.6 Å². The van der Waals surface area contributed by atoms with E-state index in [2.05, 4.69) is 20.8 Å². The van der Waals surface area contributed by atoms with Crippen molar-refractivity contribution in [3.05, 3.63) is 94.7 Å². The quantitative estimate of drug-likeness (QED) is 0.303. The second-order valence-electron chi connectivity index (χ2n) is 10.6. The van der Waals surface area contributed by atoms with Gasteiger partial charge in [-0.3, -0.25) is 4.79 Å². The number of furan rings is 1. The number of hydrogen-bond acceptors (Lipinski definition) is 4. The summed E-state index contributed by atoms with van der Waals surface area (Å²) < 4.78 is 35.0. The number of sulfonamides is 1. The van der Waals surface area contributed by atoms with E-state index in [9.17, 15) is 13.2 Å². The van der Waals surface area contributed by atoms with Gasteiger partial charge in [0.15, 0.2) is 0 Å². The average molecular weight is 502 g/mol. The predicted molar refractivity (Wildman–Crippen MR) is 143 cm³/mol. The van der Waals surface area contributed by atoms with Crippen LogP contribution in [-0.2, 0) is 28.3 Å². The number of carbonyl (C=O) groups excluding carboxylic acids is 1. The van der Waals surface area contributed by atoms with Gasteiger partial charge in [-0.1, -0.05) is 50.6 Å². The summed E-state index contributed by atoms with van der Waals surface area (Å²) in [6, 6.07) is 19.0. The van der Waals surface area contributed by atoms with E-state index in [-0.39, 0.29) is 10.3 Å². The van der Waals surface area contributed by atoms with Crippen LogP contribution < -0.4 is 4.31 Å². The largest absolute Gasteiger partial charge is 0.461 e. The lowest BCUT2D eigenvalue weighted by Crippen LogP contribution is -2.37. The fourth-order valence-electron chi connectivity index (χ4n) is 4.79. The Morgan fingerprint density at radius 3 is 2.22 bits per heavy atom. The SMILES string of the molecule is Cc1ccc(C(=O)N(c2ccc3oc4c(c3c2)CCCC4)S(=O)(=O)c2ccc(C(C)(C)C)cc2)cc1. The van der Waals surface area contributed by atoms with Crippen LogP contribution in [0.25, 0.3) is 11.0 Å². The standard InChI is InChI=1S/C30H31NO4S/c1-20-9-11-21(12-10-20)29(32)31(36(33,34)24-16-13-22(14-17-24)30(2,3)4)23-15-18-28-26(19-23)25-7-5-6-8-27(25)35-28/h9-19H,5-8H2,1-4H3. The summed E-state index contributed by atoms with van der Waals surface area (Å²) in [5, 5.41) is 0.877. The number of rotatable bonds is 4. The average Bonchev–Trinajstić information content (AvgIpc) is 3.22. The molecular weight excluding hydrogens is 470 g/mol. The third kappa shape index (κ3) is 4.35. The zero-order chi connectivity index (χ0) is 25.7. The number of hydrogen-bond donors (Lipinski definition) is 0. The molecule has 0 saturated heterocycles. The van der Waals surface area contributed by atoms with E-state index in [1.54, 1.807) is 42.5 Å². The minimum Gasteiger partial charge on any atom is -0.461 e. The van der Waals surface area contributed by atoms with Gasteiger partial charge < -0.3 is 4.42 Å². The molecule has 5 nitrogen and oxygen atoms in total. The summed E-state index contributed by atoms with van der Waals surface area (Å²) in [7, 11) is -4.19. The lowest BCUT2D eigenvalue weighted by Gasteiger charge is -2.24. The Labute approximate surface area is 212 Å². The molecule has 36 heavy (non-hydrogen) atoms. The first-order valence-corrected chi connectivity index (χ1v) is 13.8. The normalized spacial score (nSPS) is 14.0. The molecule has 0 N–H and O–H groups in total. The van der Waals surface area contributed by atoms with E-state index in [0.717, 1.165) is 63.4 Å². The first-order chi connectivity index (χ1) is 17.1. The number of benzene rings is 3. The van der Waals surface area contributed by atoms with E-state index in [1.165, 1.54) is 0 Å². The number of aryl methyl sites for hydroxylation is 3. The first kappa shape index (κ1) is 24.3. The van der Waals surface area contributed by atoms with Gasteiger partial charge in [0.1, 0.15) is 11.3 Å². The maximum Gasteiger partial charge on any atom is 0.272 e. The summed E-state index contributed by atoms with van der Waals surface area (Å²) in [5.41, 5.74) is 4.35. The summed E-state index contributed by atoms with van der Waals surface area (Å²) in [4.78, 5) is 13.9. The van der Waals surface area contributed by atoms with Gasteiger partial charge in [0.05, 0.1) is 10.6 Å². The molecule has 1 heterocycles. The van der Waals surface area contributed by atoms with Gasteiger partial charge in [-0.2, -0.15) is 4.31 Å². The molecule has 0 saturated carbocycles. The van der Waals surface area contributed by atoms with E-state index < -0.39 is 15.9 Å². The molecule has 0 unspecified atom stereocenters. The molecule has 186 valence electrons. The van der Waals surface area contributed by atoms with E-state index in [0.29, 0.717) is 11.3 Å². The highest BCUT2D eigenvalue weighted by Gasteiger charge is 2.33. The van der Waals surface area contributed by atoms with Gasteiger partial charge in [-0.25, -0.2) is 8.42 Å². The fourth-order valence-corrected chi connectivity index (χ4v) is 6.19. The summed E-state index contributed by atoms with van der Waals surface area (Å²) in [6.45, 7) is 8.15. The zero-order valence-electron chi connectivity index (χ0n) is 21.2. The van der Waals surface area contributed by atoms with Crippen molar-refractivity contribution in [2.24, 2.45) is 0 Å². The van der Waals surface area contributed by atoms with Crippen LogP contribution in [-0.4, -0.2) is 14.3 Å². The van der Waals surface area contributed by atoms with Crippen LogP contribution in [0.3, 0.4) is 0 Å². The van der Waals surface area contributed by atoms with E-state index in [4.69, 9.17) is 4.42 Å². The Hall–Kier alpha value is -3.38. The van der Waals surface area contributed by atoms with Crippen molar-refractivity contribution in [1.82, 2.24) is 0 Å². The molecule has 1 aromatic heterocycles. The van der Waals surface area contributed by atoms with E-state index in [1.807, 2.05) is 31.2 Å². The maximum absolute atomic E-state index is 14.0. The highest BCUT2D eigenvalue weighted by atomic mass is 32.2. The third-order valence-electron chi connectivity index (χ3n) is 6.91. The van der Waals surface area contributed by atoms with Crippen LogP contribution in [0.5, 0.6) is 0 Å². The maximum atomic E-state index is 14.0. The molecule has 4 aromatic rings. The number of nitrogens with zero attached hydrogens (tertiary/aromatic N) is 1. The van der Waals surface area contributed by atoms with Crippen molar-refractivity contribution < 1.29 is 17.6 Å². The van der Waals surface area contributed by atoms with Crippen LogP contribution in [0, 0.1) is 6.92 Å². The Morgan fingerprint density at radius 2 is 1.56 bits per heavy atom. The van der Waals surface area contributed by atoms with Crippen molar-refractivity contribution >= 4 is 32.6 Å². The van der Waals surface area contributed by atoms with Gasteiger partial charge in [-0.15, -0.1) is 0 Å². The highest BCUT2D eigenvalue weighted by Crippen LogP contribution is 2.36. The summed E-state index contributed by atoms with van der Waals surface area (Å²) in [6.07, 6.45) is 3.91. The molecular formula is C30H31NO4S. The van der Waals surface area contributed by atoms with E-state index >= 15 is 0 Å². The Bertz CT molecular complexity index is 1540. The van der Waals surface area contributed by atoms with Gasteiger partial charge >= 0.3 is 0 Å². The molecule has 1 amide bonds. The number of fused-ring (bicyclic) bond motifs is 3. The van der Waals surface area contributed by atoms with Crippen LogP contribution >= 0.6 is 0 Å². The third-order valence-corrected chi connectivity index (χ3v) is 8.64. The summed E-state index contributed by atoms with van der Waals surface area (Å²) in [5.74, 6) is 0.372. The first-order valence-electron chi connectivity index (χ1n) is 12.4. The van der Waals surface area contributed by atoms with Crippen molar-refractivity contribution in [2.75, 3.05) is 4.31 Å². The molecule has 1 aliphatic carbocycles. The van der Waals surface area contributed by atoms with Crippen LogP contribution in [0.2, 0.25) is 0 Å². The minimum absolute atomic E-state index is 0.0743. The zero-order valence-corrected chi connectivity index (χ0v) is 22.0. The highest BCUT2D eigenvalue weighted by molar-refractivity contribution is 7.93. The van der Waals surface area contributed by atoms with Crippen molar-refractivity contribution in [3.8, 4) is 0 Å². The number of carbonyl (C=O) groups is 1. The van der Waals surface area contributed by atoms with Crippen LogP contribution in [0.4, 0.5) is 5.69 Å². The number of anilines is 1. The fraction of sp³-hybridized carbons (Fsp3) is 0.300. The Kier molecular flexibility index (Phi) is 6.03. The molecule has 1 aliphatic rings. The smallest absolute Gasteiger partial charge is 0.272 e. The monoisotopic (exact) mass is 501 g/mol. The lowest BCUT2D eigenvalue weighted by atomic mass is 9.87. The van der Waals surface area contributed by atoms with Crippen molar-refractivity contribution in [1.29, 1.82) is 0 Å². The second kappa shape index (κ2) is 8.93. The molecule has 0 bridgehead atoms. The molecule has 0 aliphatic heterocycles. The van der Waals surface area contributed by atoms with Crippen LogP contribution in [0.1, 0.15) is 66.4 Å². The molecule has 3 aromatic carbocycles. The molecule has 0 fully saturated rings. The second-order valence-corrected chi connectivity index (χ2v) is 12.4. The van der Waals surface area contributed by atoms with Gasteiger partial charge in [0.2, 0.25) is 0 Å². The van der Waals surface area contributed by atoms with Gasteiger partial charge in [0, 0.05) is 22.9 Å². The Morgan fingerprint density at radius 1 is 0.889 bits per heavy atom. The molecule has 0 atom stereocenters. The molecule has 0 radical (unpaired) electrons. The Balaban J connectivity index is 1.66. The predicted octanol–water partition coefficient (Wildman–Crippen LogP) is 6.95. The number of amides is 1. The molecule has 6 heteroatoms. The van der Waals surface area contributed by atoms with Crippen molar-refractivity contribution in [2.45, 2.75) is 63.7 Å². The van der Waals surface area contributed by atoms with Gasteiger partial charge in [0.25, 0.3) is 15.9 Å².